The zero-order valence-electron chi connectivity index (χ0n) is 16.2. The fourth-order valence-corrected chi connectivity index (χ4v) is 3.71. The van der Waals surface area contributed by atoms with E-state index in [1.807, 2.05) is 42.6 Å². The van der Waals surface area contributed by atoms with Crippen LogP contribution in [0.5, 0.6) is 11.5 Å². The Labute approximate surface area is 170 Å². The van der Waals surface area contributed by atoms with Gasteiger partial charge >= 0.3 is 0 Å². The van der Waals surface area contributed by atoms with E-state index in [1.54, 1.807) is 17.4 Å². The minimum atomic E-state index is -0.191. The number of nitrogens with one attached hydrogen (secondary N) is 1. The predicted molar refractivity (Wildman–Crippen MR) is 113 cm³/mol. The van der Waals surface area contributed by atoms with E-state index in [2.05, 4.69) is 36.5 Å². The number of benzene rings is 2. The topological polar surface area (TPSA) is 47.6 Å². The van der Waals surface area contributed by atoms with Gasteiger partial charge in [0.25, 0.3) is 5.91 Å². The van der Waals surface area contributed by atoms with E-state index in [9.17, 15) is 4.79 Å². The molecule has 0 aliphatic rings. The van der Waals surface area contributed by atoms with Gasteiger partial charge in [0.05, 0.1) is 12.6 Å². The normalized spacial score (nSPS) is 11.6. The van der Waals surface area contributed by atoms with Crippen LogP contribution in [0.4, 0.5) is 0 Å². The first-order valence-corrected chi connectivity index (χ1v) is 10.4. The lowest BCUT2D eigenvalue weighted by atomic mass is 10.0. The van der Waals surface area contributed by atoms with Crippen molar-refractivity contribution in [3.05, 3.63) is 82.0 Å². The first-order valence-electron chi connectivity index (χ1n) is 9.47. The standard InChI is InChI=1S/C23H25NO3S/c1-3-17-11-13-18(14-12-17)23(21-10-7-15-28-21)24-22(25)16-27-20-9-6-5-8-19(20)26-4-2/h5-15,23H,3-4,16H2,1-2H3,(H,24,25)/t23-/m1/s1. The molecular formula is C23H25NO3S. The van der Waals surface area contributed by atoms with Gasteiger partial charge in [0.1, 0.15) is 0 Å². The van der Waals surface area contributed by atoms with Crippen LogP contribution in [0.3, 0.4) is 0 Å². The van der Waals surface area contributed by atoms with Crippen molar-refractivity contribution in [3.63, 3.8) is 0 Å². The molecule has 0 radical (unpaired) electrons. The van der Waals surface area contributed by atoms with Crippen LogP contribution in [0.1, 0.15) is 35.9 Å². The number of thiophene rings is 1. The molecule has 1 aromatic heterocycles. The zero-order chi connectivity index (χ0) is 19.8. The molecule has 3 aromatic rings. The second-order valence-corrected chi connectivity index (χ2v) is 7.26. The Morgan fingerprint density at radius 3 is 2.29 bits per heavy atom. The molecule has 0 unspecified atom stereocenters. The van der Waals surface area contributed by atoms with Crippen molar-refractivity contribution in [3.8, 4) is 11.5 Å². The highest BCUT2D eigenvalue weighted by Crippen LogP contribution is 2.28. The Morgan fingerprint density at radius 1 is 0.964 bits per heavy atom. The van der Waals surface area contributed by atoms with Crippen LogP contribution in [0.2, 0.25) is 0 Å². The summed E-state index contributed by atoms with van der Waals surface area (Å²) < 4.78 is 11.3. The van der Waals surface area contributed by atoms with E-state index < -0.39 is 0 Å². The number of hydrogen-bond donors (Lipinski definition) is 1. The van der Waals surface area contributed by atoms with Gasteiger partial charge in [-0.3, -0.25) is 4.79 Å². The Morgan fingerprint density at radius 2 is 1.68 bits per heavy atom. The van der Waals surface area contributed by atoms with Crippen molar-refractivity contribution in [2.75, 3.05) is 13.2 Å². The quantitative estimate of drug-likeness (QED) is 0.555. The van der Waals surface area contributed by atoms with Crippen LogP contribution >= 0.6 is 11.3 Å². The SMILES string of the molecule is CCOc1ccccc1OCC(=O)N[C@H](c1ccc(CC)cc1)c1cccs1. The van der Waals surface area contributed by atoms with Gasteiger partial charge in [0.2, 0.25) is 0 Å². The van der Waals surface area contributed by atoms with Crippen molar-refractivity contribution in [1.82, 2.24) is 5.32 Å². The van der Waals surface area contributed by atoms with Gasteiger partial charge in [-0.05, 0) is 48.1 Å². The number of hydrogen-bond acceptors (Lipinski definition) is 4. The molecule has 0 spiro atoms. The lowest BCUT2D eigenvalue weighted by Gasteiger charge is -2.19. The lowest BCUT2D eigenvalue weighted by Crippen LogP contribution is -2.33. The number of rotatable bonds is 9. The van der Waals surface area contributed by atoms with Gasteiger partial charge in [-0.1, -0.05) is 49.4 Å². The summed E-state index contributed by atoms with van der Waals surface area (Å²) in [4.78, 5) is 13.7. The van der Waals surface area contributed by atoms with Crippen LogP contribution in [0.25, 0.3) is 0 Å². The number of para-hydroxylation sites is 2. The molecular weight excluding hydrogens is 370 g/mol. The molecule has 146 valence electrons. The Hall–Kier alpha value is -2.79. The van der Waals surface area contributed by atoms with Crippen LogP contribution in [-0.2, 0) is 11.2 Å². The third-order valence-corrected chi connectivity index (χ3v) is 5.30. The predicted octanol–water partition coefficient (Wildman–Crippen LogP) is 4.99. The van der Waals surface area contributed by atoms with E-state index in [4.69, 9.17) is 9.47 Å². The summed E-state index contributed by atoms with van der Waals surface area (Å²) in [6.07, 6.45) is 0.989. The molecule has 4 nitrogen and oxygen atoms in total. The average molecular weight is 396 g/mol. The van der Waals surface area contributed by atoms with Crippen molar-refractivity contribution in [2.24, 2.45) is 0 Å². The van der Waals surface area contributed by atoms with Gasteiger partial charge in [-0.2, -0.15) is 0 Å². The second-order valence-electron chi connectivity index (χ2n) is 6.28. The maximum absolute atomic E-state index is 12.6. The number of carbonyl (C=O) groups is 1. The van der Waals surface area contributed by atoms with Crippen molar-refractivity contribution in [1.29, 1.82) is 0 Å². The molecule has 0 aliphatic carbocycles. The number of carbonyl (C=O) groups excluding carboxylic acids is 1. The van der Waals surface area contributed by atoms with Crippen molar-refractivity contribution < 1.29 is 14.3 Å². The van der Waals surface area contributed by atoms with Gasteiger partial charge in [-0.15, -0.1) is 11.3 Å². The summed E-state index contributed by atoms with van der Waals surface area (Å²) in [5, 5.41) is 5.12. The summed E-state index contributed by atoms with van der Waals surface area (Å²) in [5.41, 5.74) is 2.33. The molecule has 0 saturated heterocycles. The van der Waals surface area contributed by atoms with E-state index in [1.165, 1.54) is 5.56 Å². The summed E-state index contributed by atoms with van der Waals surface area (Å²) in [5.74, 6) is 1.03. The molecule has 28 heavy (non-hydrogen) atoms. The van der Waals surface area contributed by atoms with Gasteiger partial charge in [-0.25, -0.2) is 0 Å². The Balaban J connectivity index is 1.70. The molecule has 3 rings (SSSR count). The molecule has 2 aromatic carbocycles. The average Bonchev–Trinajstić information content (AvgIpc) is 3.26. The Kier molecular flexibility index (Phi) is 7.09. The molecule has 5 heteroatoms. The monoisotopic (exact) mass is 395 g/mol. The minimum absolute atomic E-state index is 0.0704. The molecule has 1 heterocycles. The highest BCUT2D eigenvalue weighted by Gasteiger charge is 2.18. The molecule has 0 bridgehead atoms. The number of ether oxygens (including phenoxy) is 2. The first-order chi connectivity index (χ1) is 13.7. The highest BCUT2D eigenvalue weighted by molar-refractivity contribution is 7.10. The van der Waals surface area contributed by atoms with Crippen LogP contribution in [-0.4, -0.2) is 19.1 Å². The maximum atomic E-state index is 12.6. The van der Waals surface area contributed by atoms with Crippen molar-refractivity contribution in [2.45, 2.75) is 26.3 Å². The lowest BCUT2D eigenvalue weighted by molar-refractivity contribution is -0.123. The molecule has 1 N–H and O–H groups in total. The van der Waals surface area contributed by atoms with E-state index in [0.29, 0.717) is 18.1 Å². The van der Waals surface area contributed by atoms with E-state index in [0.717, 1.165) is 16.9 Å². The fraction of sp³-hybridized carbons (Fsp3) is 0.261. The summed E-state index contributed by atoms with van der Waals surface area (Å²) in [6, 6.07) is 19.6. The van der Waals surface area contributed by atoms with E-state index >= 15 is 0 Å². The highest BCUT2D eigenvalue weighted by atomic mass is 32.1. The van der Waals surface area contributed by atoms with Gasteiger partial charge < -0.3 is 14.8 Å². The maximum Gasteiger partial charge on any atom is 0.258 e. The summed E-state index contributed by atoms with van der Waals surface area (Å²) >= 11 is 1.63. The largest absolute Gasteiger partial charge is 0.490 e. The van der Waals surface area contributed by atoms with Crippen molar-refractivity contribution >= 4 is 17.2 Å². The Bertz CT molecular complexity index is 875. The zero-order valence-corrected chi connectivity index (χ0v) is 17.0. The number of aryl methyl sites for hydroxylation is 1. The first kappa shape index (κ1) is 20.0. The smallest absolute Gasteiger partial charge is 0.258 e. The minimum Gasteiger partial charge on any atom is -0.490 e. The number of amides is 1. The summed E-state index contributed by atoms with van der Waals surface area (Å²) in [7, 11) is 0. The molecule has 1 amide bonds. The third kappa shape index (κ3) is 5.14. The fourth-order valence-electron chi connectivity index (χ4n) is 2.91. The van der Waals surface area contributed by atoms with Crippen LogP contribution in [0.15, 0.2) is 66.0 Å². The molecule has 0 saturated carbocycles. The van der Waals surface area contributed by atoms with Gasteiger partial charge in [0.15, 0.2) is 18.1 Å². The van der Waals surface area contributed by atoms with Crippen LogP contribution < -0.4 is 14.8 Å². The summed E-state index contributed by atoms with van der Waals surface area (Å²) in [6.45, 7) is 4.52. The second kappa shape index (κ2) is 9.95. The third-order valence-electron chi connectivity index (χ3n) is 4.36. The molecule has 1 atom stereocenters. The molecule has 0 aliphatic heterocycles. The van der Waals surface area contributed by atoms with Gasteiger partial charge in [0, 0.05) is 4.88 Å². The van der Waals surface area contributed by atoms with Crippen LogP contribution in [0, 0.1) is 0 Å². The van der Waals surface area contributed by atoms with E-state index in [-0.39, 0.29) is 18.6 Å². The molecule has 0 fully saturated rings.